The molecular weight excluding hydrogens is 202 g/mol. The van der Waals surface area contributed by atoms with Crippen LogP contribution in [-0.2, 0) is 0 Å². The number of nitrogens with one attached hydrogen (secondary N) is 2. The van der Waals surface area contributed by atoms with E-state index >= 15 is 0 Å². The molecule has 0 bridgehead atoms. The Kier molecular flexibility index (Phi) is 3.56. The first-order chi connectivity index (χ1) is 7.75. The Morgan fingerprint density at radius 3 is 2.81 bits per heavy atom. The van der Waals surface area contributed by atoms with E-state index in [2.05, 4.69) is 20.6 Å². The van der Waals surface area contributed by atoms with Gasteiger partial charge < -0.3 is 15.5 Å². The molecule has 5 heteroatoms. The van der Waals surface area contributed by atoms with Crippen molar-refractivity contribution in [3.05, 3.63) is 12.3 Å². The molecule has 0 saturated carbocycles. The minimum atomic E-state index is 0.533. The largest absolute Gasteiger partial charge is 0.367 e. The number of anilines is 2. The van der Waals surface area contributed by atoms with Crippen molar-refractivity contribution in [1.82, 2.24) is 15.3 Å². The van der Waals surface area contributed by atoms with Crippen LogP contribution in [0.15, 0.2) is 12.3 Å². The van der Waals surface area contributed by atoms with E-state index in [4.69, 9.17) is 0 Å². The number of piperidine rings is 1. The standard InChI is InChI=1S/C11H19N5/c1-16(2)11-13-8-5-10(15-11)14-9-3-6-12-7-4-9/h5,8-9,12H,3-4,6-7H2,1-2H3,(H,13,14,15). The molecule has 0 spiro atoms. The van der Waals surface area contributed by atoms with E-state index in [0.717, 1.165) is 37.7 Å². The number of aromatic nitrogens is 2. The number of hydrogen-bond acceptors (Lipinski definition) is 5. The lowest BCUT2D eigenvalue weighted by atomic mass is 10.1. The fraction of sp³-hybridized carbons (Fsp3) is 0.636. The van der Waals surface area contributed by atoms with Gasteiger partial charge in [-0.2, -0.15) is 4.98 Å². The van der Waals surface area contributed by atoms with Gasteiger partial charge in [0.05, 0.1) is 0 Å². The summed E-state index contributed by atoms with van der Waals surface area (Å²) in [4.78, 5) is 10.6. The van der Waals surface area contributed by atoms with E-state index in [1.165, 1.54) is 0 Å². The van der Waals surface area contributed by atoms with E-state index in [1.807, 2.05) is 25.1 Å². The van der Waals surface area contributed by atoms with Crippen LogP contribution in [0.1, 0.15) is 12.8 Å². The number of hydrogen-bond donors (Lipinski definition) is 2. The summed E-state index contributed by atoms with van der Waals surface area (Å²) in [6.07, 6.45) is 4.11. The van der Waals surface area contributed by atoms with Gasteiger partial charge in [-0.05, 0) is 32.0 Å². The van der Waals surface area contributed by atoms with Crippen LogP contribution in [-0.4, -0.2) is 43.2 Å². The zero-order valence-electron chi connectivity index (χ0n) is 9.90. The van der Waals surface area contributed by atoms with Gasteiger partial charge in [0.25, 0.3) is 0 Å². The quantitative estimate of drug-likeness (QED) is 0.787. The molecule has 5 nitrogen and oxygen atoms in total. The van der Waals surface area contributed by atoms with Crippen molar-refractivity contribution in [1.29, 1.82) is 0 Å². The fourth-order valence-corrected chi connectivity index (χ4v) is 1.82. The van der Waals surface area contributed by atoms with Crippen molar-refractivity contribution >= 4 is 11.8 Å². The molecule has 1 aromatic heterocycles. The fourth-order valence-electron chi connectivity index (χ4n) is 1.82. The average molecular weight is 221 g/mol. The van der Waals surface area contributed by atoms with Crippen LogP contribution in [0, 0.1) is 0 Å². The molecule has 1 aliphatic heterocycles. The molecule has 0 radical (unpaired) electrons. The molecule has 1 saturated heterocycles. The molecule has 2 N–H and O–H groups in total. The minimum Gasteiger partial charge on any atom is -0.367 e. The summed E-state index contributed by atoms with van der Waals surface area (Å²) < 4.78 is 0. The van der Waals surface area contributed by atoms with Crippen molar-refractivity contribution in [3.63, 3.8) is 0 Å². The predicted octanol–water partition coefficient (Wildman–Crippen LogP) is 0.706. The summed E-state index contributed by atoms with van der Waals surface area (Å²) in [5, 5.41) is 6.81. The van der Waals surface area contributed by atoms with Crippen LogP contribution in [0.4, 0.5) is 11.8 Å². The van der Waals surface area contributed by atoms with E-state index in [9.17, 15) is 0 Å². The van der Waals surface area contributed by atoms with Crippen LogP contribution in [0.25, 0.3) is 0 Å². The Balaban J connectivity index is 2.00. The Bertz CT molecular complexity index is 333. The second-order valence-electron chi connectivity index (χ2n) is 4.30. The van der Waals surface area contributed by atoms with Gasteiger partial charge in [-0.25, -0.2) is 4.98 Å². The highest BCUT2D eigenvalue weighted by atomic mass is 15.2. The van der Waals surface area contributed by atoms with E-state index < -0.39 is 0 Å². The van der Waals surface area contributed by atoms with Gasteiger partial charge >= 0.3 is 0 Å². The topological polar surface area (TPSA) is 53.1 Å². The van der Waals surface area contributed by atoms with Crippen LogP contribution < -0.4 is 15.5 Å². The van der Waals surface area contributed by atoms with Crippen molar-refractivity contribution in [3.8, 4) is 0 Å². The zero-order valence-corrected chi connectivity index (χ0v) is 9.90. The Morgan fingerprint density at radius 2 is 2.12 bits per heavy atom. The summed E-state index contributed by atoms with van der Waals surface area (Å²) in [5.41, 5.74) is 0. The normalized spacial score (nSPS) is 17.1. The van der Waals surface area contributed by atoms with Gasteiger partial charge in [0, 0.05) is 26.3 Å². The zero-order chi connectivity index (χ0) is 11.4. The Labute approximate surface area is 96.3 Å². The molecule has 2 rings (SSSR count). The van der Waals surface area contributed by atoms with Gasteiger partial charge in [0.15, 0.2) is 0 Å². The summed E-state index contributed by atoms with van der Waals surface area (Å²) in [5.74, 6) is 1.67. The van der Waals surface area contributed by atoms with Gasteiger partial charge in [0.1, 0.15) is 5.82 Å². The summed E-state index contributed by atoms with van der Waals surface area (Å²) in [7, 11) is 3.90. The lowest BCUT2D eigenvalue weighted by Gasteiger charge is -2.24. The molecule has 1 aromatic rings. The summed E-state index contributed by atoms with van der Waals surface area (Å²) in [6.45, 7) is 2.17. The van der Waals surface area contributed by atoms with Crippen LogP contribution >= 0.6 is 0 Å². The van der Waals surface area contributed by atoms with E-state index in [1.54, 1.807) is 6.20 Å². The smallest absolute Gasteiger partial charge is 0.226 e. The molecule has 0 unspecified atom stereocenters. The predicted molar refractivity (Wildman–Crippen MR) is 65.9 cm³/mol. The van der Waals surface area contributed by atoms with Crippen molar-refractivity contribution in [2.45, 2.75) is 18.9 Å². The van der Waals surface area contributed by atoms with Crippen LogP contribution in [0.3, 0.4) is 0 Å². The third-order valence-corrected chi connectivity index (χ3v) is 2.73. The second kappa shape index (κ2) is 5.12. The highest BCUT2D eigenvalue weighted by molar-refractivity contribution is 5.41. The van der Waals surface area contributed by atoms with Gasteiger partial charge in [-0.15, -0.1) is 0 Å². The third-order valence-electron chi connectivity index (χ3n) is 2.73. The average Bonchev–Trinajstić information content (AvgIpc) is 2.30. The van der Waals surface area contributed by atoms with Crippen molar-refractivity contribution in [2.75, 3.05) is 37.4 Å². The molecule has 1 aliphatic rings. The van der Waals surface area contributed by atoms with Crippen molar-refractivity contribution < 1.29 is 0 Å². The molecule has 1 fully saturated rings. The maximum Gasteiger partial charge on any atom is 0.226 e. The molecule has 0 amide bonds. The molecular formula is C11H19N5. The monoisotopic (exact) mass is 221 g/mol. The third kappa shape index (κ3) is 2.82. The first kappa shape index (κ1) is 11.1. The van der Waals surface area contributed by atoms with Crippen LogP contribution in [0.2, 0.25) is 0 Å². The lowest BCUT2D eigenvalue weighted by Crippen LogP contribution is -2.35. The van der Waals surface area contributed by atoms with E-state index in [0.29, 0.717) is 6.04 Å². The maximum absolute atomic E-state index is 4.45. The van der Waals surface area contributed by atoms with Crippen LogP contribution in [0.5, 0.6) is 0 Å². The van der Waals surface area contributed by atoms with Gasteiger partial charge in [-0.1, -0.05) is 0 Å². The molecule has 0 aliphatic carbocycles. The van der Waals surface area contributed by atoms with E-state index in [-0.39, 0.29) is 0 Å². The highest BCUT2D eigenvalue weighted by Crippen LogP contribution is 2.12. The van der Waals surface area contributed by atoms with Gasteiger partial charge in [-0.3, -0.25) is 0 Å². The molecule has 2 heterocycles. The Morgan fingerprint density at radius 1 is 1.38 bits per heavy atom. The minimum absolute atomic E-state index is 0.533. The maximum atomic E-state index is 4.45. The highest BCUT2D eigenvalue weighted by Gasteiger charge is 2.13. The molecule has 0 atom stereocenters. The first-order valence-corrected chi connectivity index (χ1v) is 5.73. The first-order valence-electron chi connectivity index (χ1n) is 5.73. The number of nitrogens with zero attached hydrogens (tertiary/aromatic N) is 3. The summed E-state index contributed by atoms with van der Waals surface area (Å²) >= 11 is 0. The second-order valence-corrected chi connectivity index (χ2v) is 4.30. The molecule has 0 aromatic carbocycles. The summed E-state index contributed by atoms with van der Waals surface area (Å²) in [6, 6.07) is 2.46. The Hall–Kier alpha value is -1.36. The lowest BCUT2D eigenvalue weighted by molar-refractivity contribution is 0.478. The SMILES string of the molecule is CN(C)c1nccc(NC2CCNCC2)n1. The molecule has 88 valence electrons. The number of rotatable bonds is 3. The van der Waals surface area contributed by atoms with Crippen molar-refractivity contribution in [2.24, 2.45) is 0 Å². The molecule has 16 heavy (non-hydrogen) atoms. The van der Waals surface area contributed by atoms with Gasteiger partial charge in [0.2, 0.25) is 5.95 Å².